The molecule has 1 fully saturated rings. The van der Waals surface area contributed by atoms with E-state index in [9.17, 15) is 9.59 Å². The summed E-state index contributed by atoms with van der Waals surface area (Å²) in [4.78, 5) is 22.7. The molecule has 0 aromatic heterocycles. The van der Waals surface area contributed by atoms with Crippen molar-refractivity contribution in [2.24, 2.45) is 5.92 Å². The van der Waals surface area contributed by atoms with Crippen LogP contribution in [0.25, 0.3) is 0 Å². The maximum Gasteiger partial charge on any atom is 0.308 e. The summed E-state index contributed by atoms with van der Waals surface area (Å²) >= 11 is 1.79. The van der Waals surface area contributed by atoms with Crippen LogP contribution in [0.1, 0.15) is 45.4 Å². The number of aliphatic carboxylic acids is 1. The number of rotatable bonds is 8. The van der Waals surface area contributed by atoms with E-state index in [2.05, 4.69) is 12.2 Å². The van der Waals surface area contributed by atoms with Crippen LogP contribution in [0.3, 0.4) is 0 Å². The molecule has 0 radical (unpaired) electrons. The zero-order valence-electron chi connectivity index (χ0n) is 11.0. The highest BCUT2D eigenvalue weighted by Gasteiger charge is 2.33. The van der Waals surface area contributed by atoms with Crippen molar-refractivity contribution >= 4 is 23.6 Å². The van der Waals surface area contributed by atoms with Crippen molar-refractivity contribution in [2.75, 3.05) is 11.5 Å². The molecule has 0 aliphatic heterocycles. The van der Waals surface area contributed by atoms with Gasteiger partial charge in [-0.15, -0.1) is 0 Å². The van der Waals surface area contributed by atoms with Crippen LogP contribution in [0.5, 0.6) is 0 Å². The quantitative estimate of drug-likeness (QED) is 0.666. The van der Waals surface area contributed by atoms with E-state index in [-0.39, 0.29) is 17.9 Å². The third kappa shape index (κ3) is 5.29. The molecule has 4 nitrogen and oxygen atoms in total. The molecule has 0 bridgehead atoms. The second-order valence-corrected chi connectivity index (χ2v) is 5.99. The molecule has 1 amide bonds. The molecule has 1 aliphatic carbocycles. The average molecular weight is 273 g/mol. The molecule has 0 heterocycles. The number of carbonyl (C=O) groups excluding carboxylic acids is 1. The number of hydrogen-bond acceptors (Lipinski definition) is 3. The molecule has 2 N–H and O–H groups in total. The molecule has 1 rings (SSSR count). The number of carbonyl (C=O) groups is 2. The Balaban J connectivity index is 2.17. The lowest BCUT2D eigenvalue weighted by Gasteiger charge is -2.17. The van der Waals surface area contributed by atoms with Gasteiger partial charge in [0, 0.05) is 18.2 Å². The van der Waals surface area contributed by atoms with Crippen LogP contribution < -0.4 is 5.32 Å². The highest BCUT2D eigenvalue weighted by atomic mass is 32.2. The summed E-state index contributed by atoms with van der Waals surface area (Å²) in [6, 6.07) is -0.157. The summed E-state index contributed by atoms with van der Waals surface area (Å²) in [5.41, 5.74) is 0. The molecule has 5 heteroatoms. The number of hydrogen-bond donors (Lipinski definition) is 2. The Morgan fingerprint density at radius 3 is 2.78 bits per heavy atom. The Bertz CT molecular complexity index is 283. The zero-order chi connectivity index (χ0) is 13.4. The third-order valence-electron chi connectivity index (χ3n) is 3.30. The highest BCUT2D eigenvalue weighted by molar-refractivity contribution is 7.99. The lowest BCUT2D eigenvalue weighted by Crippen LogP contribution is -2.40. The van der Waals surface area contributed by atoms with Gasteiger partial charge < -0.3 is 10.4 Å². The van der Waals surface area contributed by atoms with Gasteiger partial charge in [-0.25, -0.2) is 0 Å². The Morgan fingerprint density at radius 2 is 2.11 bits per heavy atom. The van der Waals surface area contributed by atoms with Crippen molar-refractivity contribution in [1.29, 1.82) is 0 Å². The molecule has 0 aromatic rings. The SMILES string of the molecule is CCCCSCCC(=O)N[C@@H]1CCC[C@@H]1C(=O)O. The summed E-state index contributed by atoms with van der Waals surface area (Å²) in [7, 11) is 0. The van der Waals surface area contributed by atoms with Crippen molar-refractivity contribution in [2.45, 2.75) is 51.5 Å². The first-order valence-electron chi connectivity index (χ1n) is 6.75. The van der Waals surface area contributed by atoms with E-state index < -0.39 is 5.97 Å². The van der Waals surface area contributed by atoms with Crippen molar-refractivity contribution in [1.82, 2.24) is 5.32 Å². The fraction of sp³-hybridized carbons (Fsp3) is 0.846. The summed E-state index contributed by atoms with van der Waals surface area (Å²) in [6.07, 6.45) is 5.25. The number of thioether (sulfide) groups is 1. The molecule has 18 heavy (non-hydrogen) atoms. The van der Waals surface area contributed by atoms with Crippen LogP contribution in [0.4, 0.5) is 0 Å². The Labute approximate surface area is 113 Å². The van der Waals surface area contributed by atoms with Gasteiger partial charge >= 0.3 is 5.97 Å². The maximum atomic E-state index is 11.7. The monoisotopic (exact) mass is 273 g/mol. The van der Waals surface area contributed by atoms with E-state index in [0.29, 0.717) is 12.8 Å². The van der Waals surface area contributed by atoms with Crippen molar-refractivity contribution in [3.8, 4) is 0 Å². The lowest BCUT2D eigenvalue weighted by atomic mass is 10.0. The summed E-state index contributed by atoms with van der Waals surface area (Å²) < 4.78 is 0. The number of nitrogens with one attached hydrogen (secondary N) is 1. The van der Waals surface area contributed by atoms with E-state index in [1.165, 1.54) is 12.8 Å². The third-order valence-corrected chi connectivity index (χ3v) is 4.37. The van der Waals surface area contributed by atoms with Crippen molar-refractivity contribution in [3.63, 3.8) is 0 Å². The summed E-state index contributed by atoms with van der Waals surface area (Å²) in [5, 5.41) is 11.9. The number of carboxylic acids is 1. The molecule has 1 aliphatic rings. The predicted octanol–water partition coefficient (Wildman–Crippen LogP) is 2.28. The minimum atomic E-state index is -0.782. The zero-order valence-corrected chi connectivity index (χ0v) is 11.8. The maximum absolute atomic E-state index is 11.7. The van der Waals surface area contributed by atoms with E-state index in [0.717, 1.165) is 24.3 Å². The number of unbranched alkanes of at least 4 members (excludes halogenated alkanes) is 1. The van der Waals surface area contributed by atoms with Gasteiger partial charge in [-0.2, -0.15) is 11.8 Å². The molecule has 0 spiro atoms. The first kappa shape index (κ1) is 15.3. The molecule has 1 saturated carbocycles. The topological polar surface area (TPSA) is 66.4 Å². The van der Waals surface area contributed by atoms with Gasteiger partial charge in [0.25, 0.3) is 0 Å². The lowest BCUT2D eigenvalue weighted by molar-refractivity contribution is -0.142. The number of carboxylic acid groups (broad SMARTS) is 1. The van der Waals surface area contributed by atoms with E-state index in [1.54, 1.807) is 11.8 Å². The average Bonchev–Trinajstić information content (AvgIpc) is 2.77. The summed E-state index contributed by atoms with van der Waals surface area (Å²) in [6.45, 7) is 2.15. The second kappa shape index (κ2) is 8.40. The second-order valence-electron chi connectivity index (χ2n) is 4.77. The first-order chi connectivity index (χ1) is 8.65. The van der Waals surface area contributed by atoms with Crippen LogP contribution in [0.2, 0.25) is 0 Å². The standard InChI is InChI=1S/C13H23NO3S/c1-2-3-8-18-9-7-12(15)14-11-6-4-5-10(11)13(16)17/h10-11H,2-9H2,1H3,(H,14,15)(H,16,17)/t10-,11+/m0/s1. The van der Waals surface area contributed by atoms with E-state index in [4.69, 9.17) is 5.11 Å². The van der Waals surface area contributed by atoms with Gasteiger partial charge in [-0.3, -0.25) is 9.59 Å². The summed E-state index contributed by atoms with van der Waals surface area (Å²) in [5.74, 6) is 0.760. The first-order valence-corrected chi connectivity index (χ1v) is 7.90. The predicted molar refractivity (Wildman–Crippen MR) is 73.8 cm³/mol. The van der Waals surface area contributed by atoms with Crippen molar-refractivity contribution < 1.29 is 14.7 Å². The molecular weight excluding hydrogens is 250 g/mol. The molecular formula is C13H23NO3S. The molecule has 0 unspecified atom stereocenters. The minimum absolute atomic E-state index is 0.00264. The van der Waals surface area contributed by atoms with Gasteiger partial charge in [-0.05, 0) is 25.0 Å². The number of amides is 1. The largest absolute Gasteiger partial charge is 0.481 e. The van der Waals surface area contributed by atoms with Crippen LogP contribution in [-0.2, 0) is 9.59 Å². The van der Waals surface area contributed by atoms with E-state index in [1.807, 2.05) is 0 Å². The Morgan fingerprint density at radius 1 is 1.33 bits per heavy atom. The van der Waals surface area contributed by atoms with Gasteiger partial charge in [0.05, 0.1) is 5.92 Å². The normalized spacial score (nSPS) is 22.9. The van der Waals surface area contributed by atoms with Crippen LogP contribution in [0.15, 0.2) is 0 Å². The fourth-order valence-corrected chi connectivity index (χ4v) is 3.25. The van der Waals surface area contributed by atoms with Gasteiger partial charge in [0.1, 0.15) is 0 Å². The van der Waals surface area contributed by atoms with Crippen LogP contribution in [0, 0.1) is 5.92 Å². The smallest absolute Gasteiger partial charge is 0.308 e. The van der Waals surface area contributed by atoms with Gasteiger partial charge in [0.2, 0.25) is 5.91 Å². The Kier molecular flexibility index (Phi) is 7.16. The highest BCUT2D eigenvalue weighted by Crippen LogP contribution is 2.25. The Hall–Kier alpha value is -0.710. The van der Waals surface area contributed by atoms with E-state index >= 15 is 0 Å². The molecule has 0 aromatic carbocycles. The van der Waals surface area contributed by atoms with Crippen LogP contribution >= 0.6 is 11.8 Å². The fourth-order valence-electron chi connectivity index (χ4n) is 2.22. The van der Waals surface area contributed by atoms with Gasteiger partial charge in [-0.1, -0.05) is 19.8 Å². The molecule has 104 valence electrons. The van der Waals surface area contributed by atoms with Crippen LogP contribution in [-0.4, -0.2) is 34.5 Å². The molecule has 2 atom stereocenters. The molecule has 0 saturated heterocycles. The minimum Gasteiger partial charge on any atom is -0.481 e. The van der Waals surface area contributed by atoms with Crippen molar-refractivity contribution in [3.05, 3.63) is 0 Å². The van der Waals surface area contributed by atoms with Gasteiger partial charge in [0.15, 0.2) is 0 Å².